The summed E-state index contributed by atoms with van der Waals surface area (Å²) in [6, 6.07) is 0. The maximum absolute atomic E-state index is 11.6. The van der Waals surface area contributed by atoms with Crippen LogP contribution in [0.15, 0.2) is 0 Å². The molecule has 15 nitrogen and oxygen atoms in total. The third kappa shape index (κ3) is 22.3. The molecule has 0 radical (unpaired) electrons. The van der Waals surface area contributed by atoms with Crippen molar-refractivity contribution in [1.82, 2.24) is 0 Å². The number of alkyl halides is 1. The van der Waals surface area contributed by atoms with E-state index in [4.69, 9.17) is 10.2 Å². The van der Waals surface area contributed by atoms with Crippen LogP contribution in [0.3, 0.4) is 0 Å². The first kappa shape index (κ1) is 26.5. The van der Waals surface area contributed by atoms with Crippen molar-refractivity contribution in [3.63, 3.8) is 0 Å². The number of cyclic esters (lactones) is 2. The Balaban J connectivity index is 0. The third-order valence-corrected chi connectivity index (χ3v) is 1.82. The topological polar surface area (TPSA) is 227 Å². The zero-order valence-electron chi connectivity index (χ0n) is 14.1. The summed E-state index contributed by atoms with van der Waals surface area (Å²) < 4.78 is 35.2. The first-order valence-corrected chi connectivity index (χ1v) is 6.84. The van der Waals surface area contributed by atoms with Crippen LogP contribution >= 0.6 is 0 Å². The highest BCUT2D eigenvalue weighted by molar-refractivity contribution is 5.61. The number of ether oxygens (including phenoxy) is 6. The summed E-state index contributed by atoms with van der Waals surface area (Å²) in [6.07, 6.45) is -9.66. The van der Waals surface area contributed by atoms with Crippen molar-refractivity contribution in [2.75, 3.05) is 26.4 Å². The van der Waals surface area contributed by atoms with Crippen molar-refractivity contribution in [2.45, 2.75) is 19.4 Å². The van der Waals surface area contributed by atoms with Gasteiger partial charge in [0.25, 0.3) is 18.7 Å². The van der Waals surface area contributed by atoms with E-state index in [1.807, 2.05) is 0 Å². The first-order chi connectivity index (χ1) is 12.9. The number of rotatable bonds is 6. The van der Waals surface area contributed by atoms with Crippen LogP contribution in [-0.2, 0) is 28.4 Å². The smallest absolute Gasteiger partial charge is 0.511 e. The molecule has 1 heterocycles. The van der Waals surface area contributed by atoms with Crippen molar-refractivity contribution in [3.8, 4) is 0 Å². The third-order valence-electron chi connectivity index (χ3n) is 1.82. The Morgan fingerprint density at radius 2 is 1.64 bits per heavy atom. The fourth-order valence-corrected chi connectivity index (χ4v) is 0.947. The summed E-state index contributed by atoms with van der Waals surface area (Å²) in [4.78, 5) is 48.3. The molecule has 28 heavy (non-hydrogen) atoms. The Bertz CT molecular complexity index is 505. The molecule has 0 aromatic heterocycles. The van der Waals surface area contributed by atoms with E-state index in [-0.39, 0.29) is 26.4 Å². The molecular weight excluding hydrogens is 403 g/mol. The minimum Gasteiger partial charge on any atom is -0.546 e. The number of hydrogen-bond donors (Lipinski definition) is 2. The van der Waals surface area contributed by atoms with Gasteiger partial charge in [0.1, 0.15) is 13.2 Å². The summed E-state index contributed by atoms with van der Waals surface area (Å²) in [5.74, 6) is 0. The Kier molecular flexibility index (Phi) is 14.7. The molecule has 0 saturated carbocycles. The van der Waals surface area contributed by atoms with Crippen LogP contribution in [0.2, 0.25) is 0 Å². The second kappa shape index (κ2) is 15.5. The van der Waals surface area contributed by atoms with Gasteiger partial charge in [-0.05, 0) is 6.92 Å². The monoisotopic (exact) mass is 418 g/mol. The quantitative estimate of drug-likeness (QED) is 0.297. The fraction of sp³-hybridized carbons (Fsp3) is 0.583. The zero-order chi connectivity index (χ0) is 22.1. The maximum Gasteiger partial charge on any atom is 0.511 e. The zero-order valence-corrected chi connectivity index (χ0v) is 14.1. The second-order valence-electron chi connectivity index (χ2n) is 4.06. The summed E-state index contributed by atoms with van der Waals surface area (Å²) in [5.41, 5.74) is 0. The van der Waals surface area contributed by atoms with Gasteiger partial charge in [0.15, 0.2) is 6.61 Å². The molecule has 1 aliphatic rings. The normalized spacial score (nSPS) is 14.9. The number of hydrogen-bond acceptors (Lipinski definition) is 13. The van der Waals surface area contributed by atoms with Gasteiger partial charge in [0.2, 0.25) is 0 Å². The lowest BCUT2D eigenvalue weighted by atomic mass is 10.4. The van der Waals surface area contributed by atoms with Gasteiger partial charge < -0.3 is 58.4 Å². The SMILES string of the molecule is CC(COC(=O)O)OC(=O)[O-].O=C([O-])OCCOC(=O)O.O=C1OCC(F)O1. The molecule has 2 atom stereocenters. The number of carboxylic acid groups (broad SMARTS) is 4. The standard InChI is InChI=1S/C5H8O6.C4H6O6.C3H3FO3/c1-3(11-5(8)9)2-10-4(6)7;5-3(6)9-1-2-10-4(7)8;4-2-1-6-3(5)7-2/h3H,2H2,1H3,(H,6,7)(H,8,9);1-2H2,(H,5,6)(H,7,8);2H,1H2/p-2. The van der Waals surface area contributed by atoms with Gasteiger partial charge in [0, 0.05) is 0 Å². The van der Waals surface area contributed by atoms with E-state index < -0.39 is 43.2 Å². The van der Waals surface area contributed by atoms with Crippen LogP contribution < -0.4 is 10.2 Å². The van der Waals surface area contributed by atoms with E-state index in [1.54, 1.807) is 0 Å². The minimum atomic E-state index is -1.70. The Morgan fingerprint density at radius 3 is 1.96 bits per heavy atom. The molecule has 0 spiro atoms. The predicted octanol–water partition coefficient (Wildman–Crippen LogP) is -1.08. The summed E-state index contributed by atoms with van der Waals surface area (Å²) in [6.45, 7) is 0.0961. The lowest BCUT2D eigenvalue weighted by molar-refractivity contribution is -0.288. The average Bonchev–Trinajstić information content (AvgIpc) is 2.93. The van der Waals surface area contributed by atoms with Crippen molar-refractivity contribution < 1.29 is 77.2 Å². The lowest BCUT2D eigenvalue weighted by Crippen LogP contribution is -2.30. The van der Waals surface area contributed by atoms with Crippen LogP contribution in [0, 0.1) is 0 Å². The highest BCUT2D eigenvalue weighted by atomic mass is 19.1. The molecule has 1 fully saturated rings. The van der Waals surface area contributed by atoms with Crippen LogP contribution in [0.1, 0.15) is 6.92 Å². The summed E-state index contributed by atoms with van der Waals surface area (Å²) in [7, 11) is 0. The first-order valence-electron chi connectivity index (χ1n) is 6.84. The molecule has 1 aliphatic heterocycles. The number of halogens is 1. The summed E-state index contributed by atoms with van der Waals surface area (Å²) in [5, 5.41) is 35.0. The van der Waals surface area contributed by atoms with Gasteiger partial charge in [-0.2, -0.15) is 4.39 Å². The van der Waals surface area contributed by atoms with E-state index in [0.717, 1.165) is 0 Å². The van der Waals surface area contributed by atoms with Crippen LogP contribution in [0.5, 0.6) is 0 Å². The average molecular weight is 418 g/mol. The molecular formula is C12H15FO15-2. The Hall–Kier alpha value is -3.72. The van der Waals surface area contributed by atoms with Crippen LogP contribution in [-0.4, -0.2) is 79.9 Å². The molecule has 0 aromatic carbocycles. The fourth-order valence-electron chi connectivity index (χ4n) is 0.947. The van der Waals surface area contributed by atoms with Crippen molar-refractivity contribution in [2.24, 2.45) is 0 Å². The minimum absolute atomic E-state index is 0.265. The number of carbonyl (C=O) groups is 5. The van der Waals surface area contributed by atoms with Crippen molar-refractivity contribution >= 4 is 30.8 Å². The van der Waals surface area contributed by atoms with Gasteiger partial charge in [-0.15, -0.1) is 0 Å². The lowest BCUT2D eigenvalue weighted by Gasteiger charge is -2.15. The van der Waals surface area contributed by atoms with E-state index in [1.165, 1.54) is 6.92 Å². The molecule has 0 bridgehead atoms. The molecule has 1 rings (SSSR count). The van der Waals surface area contributed by atoms with E-state index in [2.05, 4.69) is 28.4 Å². The molecule has 2 N–H and O–H groups in total. The van der Waals surface area contributed by atoms with E-state index in [0.29, 0.717) is 0 Å². The molecule has 0 aromatic rings. The highest BCUT2D eigenvalue weighted by Gasteiger charge is 2.23. The van der Waals surface area contributed by atoms with E-state index in [9.17, 15) is 38.6 Å². The largest absolute Gasteiger partial charge is 0.546 e. The highest BCUT2D eigenvalue weighted by Crippen LogP contribution is 2.05. The maximum atomic E-state index is 11.6. The molecule has 1 saturated heterocycles. The molecule has 0 amide bonds. The van der Waals surface area contributed by atoms with Gasteiger partial charge in [-0.3, -0.25) is 0 Å². The van der Waals surface area contributed by atoms with Crippen LogP contribution in [0.25, 0.3) is 0 Å². The van der Waals surface area contributed by atoms with Crippen molar-refractivity contribution in [3.05, 3.63) is 0 Å². The van der Waals surface area contributed by atoms with E-state index >= 15 is 0 Å². The van der Waals surface area contributed by atoms with Gasteiger partial charge >= 0.3 is 18.5 Å². The summed E-state index contributed by atoms with van der Waals surface area (Å²) >= 11 is 0. The molecule has 162 valence electrons. The Labute approximate surface area is 155 Å². The Morgan fingerprint density at radius 1 is 1.11 bits per heavy atom. The van der Waals surface area contributed by atoms with Gasteiger partial charge in [0.05, 0.1) is 12.7 Å². The molecule has 0 aliphatic carbocycles. The molecule has 2 unspecified atom stereocenters. The predicted molar refractivity (Wildman–Crippen MR) is 72.6 cm³/mol. The van der Waals surface area contributed by atoms with Gasteiger partial charge in [-0.25, -0.2) is 14.4 Å². The van der Waals surface area contributed by atoms with Gasteiger partial charge in [-0.1, -0.05) is 0 Å². The molecule has 16 heteroatoms. The number of carbonyl (C=O) groups excluding carboxylic acids is 3. The van der Waals surface area contributed by atoms with Crippen molar-refractivity contribution in [1.29, 1.82) is 0 Å². The van der Waals surface area contributed by atoms with Crippen LogP contribution in [0.4, 0.5) is 28.4 Å². The second-order valence-corrected chi connectivity index (χ2v) is 4.06.